The number of hydrogen-bond donors (Lipinski definition) is 0. The number of fused-ring (bicyclic) bond motifs is 5. The lowest BCUT2D eigenvalue weighted by molar-refractivity contribution is 0.661. The van der Waals surface area contributed by atoms with Gasteiger partial charge in [-0.25, -0.2) is 9.97 Å². The van der Waals surface area contributed by atoms with Crippen molar-refractivity contribution in [1.82, 2.24) is 9.97 Å². The molecule has 0 radical (unpaired) electrons. The van der Waals surface area contributed by atoms with Crippen LogP contribution in [0.4, 0.5) is 0 Å². The van der Waals surface area contributed by atoms with Crippen LogP contribution in [0.2, 0.25) is 0 Å². The molecular weight excluding hydrogens is 641 g/mol. The highest BCUT2D eigenvalue weighted by atomic mass is 14.9. The molecule has 1 aliphatic rings. The Morgan fingerprint density at radius 1 is 0.340 bits per heavy atom. The molecule has 2 nitrogen and oxygen atoms in total. The fourth-order valence-corrected chi connectivity index (χ4v) is 8.30. The van der Waals surface area contributed by atoms with E-state index in [0.717, 1.165) is 33.9 Å². The Morgan fingerprint density at radius 3 is 1.66 bits per heavy atom. The van der Waals surface area contributed by atoms with Crippen molar-refractivity contribution < 1.29 is 0 Å². The average Bonchev–Trinajstić information content (AvgIpc) is 3.45. The summed E-state index contributed by atoms with van der Waals surface area (Å²) < 4.78 is 0. The molecule has 0 saturated carbocycles. The van der Waals surface area contributed by atoms with Crippen molar-refractivity contribution in [1.29, 1.82) is 0 Å². The second-order valence-corrected chi connectivity index (χ2v) is 14.6. The number of nitrogens with zero attached hydrogens (tertiary/aromatic N) is 2. The van der Waals surface area contributed by atoms with Crippen LogP contribution in [0, 0.1) is 0 Å². The first-order valence-corrected chi connectivity index (χ1v) is 18.3. The summed E-state index contributed by atoms with van der Waals surface area (Å²) in [5.41, 5.74) is 14.9. The smallest absolute Gasteiger partial charge is 0.160 e. The molecule has 1 heterocycles. The van der Waals surface area contributed by atoms with Crippen LogP contribution in [0.1, 0.15) is 25.0 Å². The molecular formula is C51H36N2. The zero-order chi connectivity index (χ0) is 35.5. The molecule has 0 aliphatic heterocycles. The average molecular weight is 677 g/mol. The molecule has 0 atom stereocenters. The van der Waals surface area contributed by atoms with Gasteiger partial charge in [-0.1, -0.05) is 172 Å². The maximum absolute atomic E-state index is 5.28. The van der Waals surface area contributed by atoms with Crippen LogP contribution in [-0.2, 0) is 5.41 Å². The fraction of sp³-hybridized carbons (Fsp3) is 0.0588. The second-order valence-electron chi connectivity index (χ2n) is 14.6. The van der Waals surface area contributed by atoms with E-state index in [1.165, 1.54) is 66.1 Å². The minimum Gasteiger partial charge on any atom is -0.228 e. The normalized spacial score (nSPS) is 12.9. The number of hydrogen-bond acceptors (Lipinski definition) is 2. The van der Waals surface area contributed by atoms with E-state index in [4.69, 9.17) is 9.97 Å². The van der Waals surface area contributed by atoms with Gasteiger partial charge in [-0.3, -0.25) is 0 Å². The Labute approximate surface area is 310 Å². The lowest BCUT2D eigenvalue weighted by atomic mass is 9.81. The first kappa shape index (κ1) is 31.1. The highest BCUT2D eigenvalue weighted by Gasteiger charge is 2.37. The molecule has 0 bridgehead atoms. The van der Waals surface area contributed by atoms with E-state index < -0.39 is 0 Å². The van der Waals surface area contributed by atoms with Crippen molar-refractivity contribution in [2.45, 2.75) is 19.3 Å². The lowest BCUT2D eigenvalue weighted by Crippen LogP contribution is -2.14. The number of benzene rings is 8. The van der Waals surface area contributed by atoms with Crippen LogP contribution in [0.5, 0.6) is 0 Å². The Bertz CT molecular complexity index is 2850. The van der Waals surface area contributed by atoms with Crippen molar-refractivity contribution in [2.24, 2.45) is 0 Å². The summed E-state index contributed by atoms with van der Waals surface area (Å²) in [6.45, 7) is 4.69. The van der Waals surface area contributed by atoms with Crippen molar-refractivity contribution >= 4 is 21.5 Å². The van der Waals surface area contributed by atoms with Crippen LogP contribution in [0.25, 0.3) is 88.8 Å². The van der Waals surface area contributed by atoms with Crippen LogP contribution >= 0.6 is 0 Å². The topological polar surface area (TPSA) is 25.8 Å². The molecule has 53 heavy (non-hydrogen) atoms. The summed E-state index contributed by atoms with van der Waals surface area (Å²) in [6, 6.07) is 65.4. The van der Waals surface area contributed by atoms with Crippen LogP contribution < -0.4 is 0 Å². The molecule has 0 amide bonds. The zero-order valence-corrected chi connectivity index (χ0v) is 29.7. The maximum Gasteiger partial charge on any atom is 0.160 e. The van der Waals surface area contributed by atoms with E-state index in [2.05, 4.69) is 190 Å². The minimum absolute atomic E-state index is 0.137. The molecule has 0 spiro atoms. The summed E-state index contributed by atoms with van der Waals surface area (Å²) in [4.78, 5) is 10.5. The SMILES string of the molecule is CC1(C)c2cc3ccccc3cc2-c2c(-c3cc(-c4ccc(-c5ccccc5-c5ccc6ccccc6c5)cc4)nc(-c4ccccc4)n3)cccc21. The summed E-state index contributed by atoms with van der Waals surface area (Å²) in [7, 11) is 0. The van der Waals surface area contributed by atoms with Gasteiger partial charge in [0.1, 0.15) is 0 Å². The summed E-state index contributed by atoms with van der Waals surface area (Å²) in [5.74, 6) is 0.720. The quantitative estimate of drug-likeness (QED) is 0.181. The summed E-state index contributed by atoms with van der Waals surface area (Å²) in [5, 5.41) is 5.01. The van der Waals surface area contributed by atoms with Gasteiger partial charge in [0.05, 0.1) is 11.4 Å². The number of rotatable bonds is 5. The summed E-state index contributed by atoms with van der Waals surface area (Å²) in [6.07, 6.45) is 0. The van der Waals surface area contributed by atoms with E-state index in [9.17, 15) is 0 Å². The highest BCUT2D eigenvalue weighted by molar-refractivity contribution is 5.98. The van der Waals surface area contributed by atoms with Gasteiger partial charge in [-0.2, -0.15) is 0 Å². The minimum atomic E-state index is -0.137. The molecule has 1 aliphatic carbocycles. The van der Waals surface area contributed by atoms with E-state index >= 15 is 0 Å². The molecule has 1 aromatic heterocycles. The Morgan fingerprint density at radius 2 is 0.906 bits per heavy atom. The van der Waals surface area contributed by atoms with Gasteiger partial charge in [-0.15, -0.1) is 0 Å². The molecule has 10 rings (SSSR count). The predicted octanol–water partition coefficient (Wildman–Crippen LogP) is 13.4. The van der Waals surface area contributed by atoms with E-state index in [1.807, 2.05) is 6.07 Å². The zero-order valence-electron chi connectivity index (χ0n) is 29.7. The van der Waals surface area contributed by atoms with Gasteiger partial charge in [0.15, 0.2) is 5.82 Å². The molecule has 2 heteroatoms. The molecule has 9 aromatic rings. The fourth-order valence-electron chi connectivity index (χ4n) is 8.30. The van der Waals surface area contributed by atoms with Crippen LogP contribution in [-0.4, -0.2) is 9.97 Å². The maximum atomic E-state index is 5.28. The molecule has 250 valence electrons. The first-order chi connectivity index (χ1) is 26.0. The highest BCUT2D eigenvalue weighted by Crippen LogP contribution is 2.53. The molecule has 0 fully saturated rings. The second kappa shape index (κ2) is 12.3. The van der Waals surface area contributed by atoms with E-state index in [1.54, 1.807) is 0 Å². The number of aromatic nitrogens is 2. The van der Waals surface area contributed by atoms with Gasteiger partial charge in [0.25, 0.3) is 0 Å². The standard InChI is InChI=1S/C51H36N2/c1-51(2)45-22-12-21-43(49(45)44-30-38-17-8-9-18-39(38)31-46(44)51)48-32-47(52-50(53-48)36-14-4-3-5-15-36)35-26-24-34(25-27-35)41-19-10-11-20-42(41)40-28-23-33-13-6-7-16-37(33)29-40/h3-32H,1-2H3. The van der Waals surface area contributed by atoms with Gasteiger partial charge in [-0.05, 0) is 90.3 Å². The first-order valence-electron chi connectivity index (χ1n) is 18.3. The Balaban J connectivity index is 1.10. The third-order valence-electron chi connectivity index (χ3n) is 11.1. The molecule has 0 N–H and O–H groups in total. The largest absolute Gasteiger partial charge is 0.228 e. The van der Waals surface area contributed by atoms with Crippen LogP contribution in [0.3, 0.4) is 0 Å². The molecule has 0 saturated heterocycles. The van der Waals surface area contributed by atoms with Crippen molar-refractivity contribution in [3.63, 3.8) is 0 Å². The van der Waals surface area contributed by atoms with Crippen molar-refractivity contribution in [3.05, 3.63) is 193 Å². The van der Waals surface area contributed by atoms with Crippen molar-refractivity contribution in [3.8, 4) is 67.3 Å². The third-order valence-corrected chi connectivity index (χ3v) is 11.1. The third kappa shape index (κ3) is 5.26. The van der Waals surface area contributed by atoms with E-state index in [0.29, 0.717) is 0 Å². The van der Waals surface area contributed by atoms with Gasteiger partial charge in [0.2, 0.25) is 0 Å². The van der Waals surface area contributed by atoms with E-state index in [-0.39, 0.29) is 5.41 Å². The van der Waals surface area contributed by atoms with Crippen LogP contribution in [0.15, 0.2) is 182 Å². The predicted molar refractivity (Wildman–Crippen MR) is 222 cm³/mol. The lowest BCUT2D eigenvalue weighted by Gasteiger charge is -2.22. The summed E-state index contributed by atoms with van der Waals surface area (Å²) >= 11 is 0. The van der Waals surface area contributed by atoms with Gasteiger partial charge >= 0.3 is 0 Å². The Hall–Kier alpha value is -6.64. The van der Waals surface area contributed by atoms with Crippen molar-refractivity contribution in [2.75, 3.05) is 0 Å². The molecule has 8 aromatic carbocycles. The Kier molecular flexibility index (Phi) is 7.19. The van der Waals surface area contributed by atoms with Gasteiger partial charge < -0.3 is 0 Å². The van der Waals surface area contributed by atoms with Gasteiger partial charge in [0, 0.05) is 22.1 Å². The monoisotopic (exact) mass is 676 g/mol. The molecule has 0 unspecified atom stereocenters.